The molecule has 6 heteroatoms. The fourth-order valence-corrected chi connectivity index (χ4v) is 2.98. The number of aryl methyl sites for hydroxylation is 2. The van der Waals surface area contributed by atoms with E-state index < -0.39 is 0 Å². The molecule has 1 aliphatic rings. The van der Waals surface area contributed by atoms with Gasteiger partial charge in [-0.05, 0) is 37.5 Å². The molecular weight excluding hydrogens is 304 g/mol. The van der Waals surface area contributed by atoms with Crippen molar-refractivity contribution in [2.45, 2.75) is 32.6 Å². The fourth-order valence-electron chi connectivity index (χ4n) is 2.98. The van der Waals surface area contributed by atoms with Gasteiger partial charge in [-0.25, -0.2) is 4.98 Å². The Kier molecular flexibility index (Phi) is 4.64. The van der Waals surface area contributed by atoms with Gasteiger partial charge in [-0.3, -0.25) is 14.9 Å². The zero-order valence-electron chi connectivity index (χ0n) is 14.0. The zero-order valence-corrected chi connectivity index (χ0v) is 14.0. The van der Waals surface area contributed by atoms with Gasteiger partial charge in [0.05, 0.1) is 0 Å². The van der Waals surface area contributed by atoms with Gasteiger partial charge < -0.3 is 9.88 Å². The predicted molar refractivity (Wildman–Crippen MR) is 92.9 cm³/mol. The zero-order chi connectivity index (χ0) is 17.1. The highest BCUT2D eigenvalue weighted by atomic mass is 16.2. The number of nitrogens with zero attached hydrogens (tertiary/aromatic N) is 2. The maximum absolute atomic E-state index is 12.4. The summed E-state index contributed by atoms with van der Waals surface area (Å²) in [5.41, 5.74) is 2.12. The summed E-state index contributed by atoms with van der Waals surface area (Å²) < 4.78 is 1.73. The second-order valence-electron chi connectivity index (χ2n) is 6.32. The van der Waals surface area contributed by atoms with E-state index >= 15 is 0 Å². The maximum Gasteiger partial charge on any atom is 0.258 e. The van der Waals surface area contributed by atoms with Crippen LogP contribution >= 0.6 is 0 Å². The summed E-state index contributed by atoms with van der Waals surface area (Å²) in [6.07, 6.45) is 7.51. The number of imidazole rings is 1. The average Bonchev–Trinajstić information content (AvgIpc) is 3.22. The number of nitrogens with one attached hydrogen (secondary N) is 2. The van der Waals surface area contributed by atoms with Gasteiger partial charge in [-0.15, -0.1) is 0 Å². The number of carbonyl (C=O) groups excluding carboxylic acids is 2. The largest absolute Gasteiger partial charge is 0.326 e. The molecule has 24 heavy (non-hydrogen) atoms. The Morgan fingerprint density at radius 1 is 1.21 bits per heavy atom. The number of rotatable bonds is 4. The van der Waals surface area contributed by atoms with E-state index in [4.69, 9.17) is 0 Å². The highest BCUT2D eigenvalue weighted by molar-refractivity contribution is 6.05. The van der Waals surface area contributed by atoms with Crippen LogP contribution in [0.25, 0.3) is 0 Å². The molecule has 0 spiro atoms. The van der Waals surface area contributed by atoms with Crippen LogP contribution in [-0.4, -0.2) is 21.4 Å². The molecule has 0 radical (unpaired) electrons. The van der Waals surface area contributed by atoms with E-state index in [9.17, 15) is 9.59 Å². The second kappa shape index (κ2) is 6.86. The number of benzene rings is 1. The topological polar surface area (TPSA) is 76.0 Å². The molecule has 2 amide bonds. The molecule has 0 saturated heterocycles. The lowest BCUT2D eigenvalue weighted by Gasteiger charge is -2.14. The first-order valence-electron chi connectivity index (χ1n) is 8.25. The number of carbonyl (C=O) groups is 2. The molecule has 6 nitrogen and oxygen atoms in total. The number of hydrogen-bond donors (Lipinski definition) is 2. The molecule has 2 N–H and O–H groups in total. The van der Waals surface area contributed by atoms with Gasteiger partial charge in [-0.2, -0.15) is 0 Å². The van der Waals surface area contributed by atoms with Crippen molar-refractivity contribution < 1.29 is 9.59 Å². The molecule has 2 aromatic rings. The minimum absolute atomic E-state index is 0.0530. The number of amides is 2. The Balaban J connectivity index is 1.74. The molecule has 3 rings (SSSR count). The van der Waals surface area contributed by atoms with Crippen molar-refractivity contribution >= 4 is 23.5 Å². The van der Waals surface area contributed by atoms with E-state index in [1.54, 1.807) is 29.1 Å². The van der Waals surface area contributed by atoms with Crippen molar-refractivity contribution in [2.24, 2.45) is 13.0 Å². The molecule has 1 aliphatic carbocycles. The molecule has 1 heterocycles. The molecule has 1 aromatic carbocycles. The molecule has 126 valence electrons. The molecule has 0 atom stereocenters. The second-order valence-corrected chi connectivity index (χ2v) is 6.32. The highest BCUT2D eigenvalue weighted by Gasteiger charge is 2.23. The first-order valence-corrected chi connectivity index (χ1v) is 8.25. The Hall–Kier alpha value is -2.63. The Morgan fingerprint density at radius 3 is 2.62 bits per heavy atom. The Morgan fingerprint density at radius 2 is 1.96 bits per heavy atom. The average molecular weight is 326 g/mol. The lowest BCUT2D eigenvalue weighted by Crippen LogP contribution is -2.21. The minimum Gasteiger partial charge on any atom is -0.326 e. The summed E-state index contributed by atoms with van der Waals surface area (Å²) in [7, 11) is 1.81. The van der Waals surface area contributed by atoms with Crippen LogP contribution in [0.2, 0.25) is 0 Å². The van der Waals surface area contributed by atoms with Gasteiger partial charge in [0, 0.05) is 36.6 Å². The fraction of sp³-hybridized carbons (Fsp3) is 0.389. The smallest absolute Gasteiger partial charge is 0.258 e. The molecule has 0 unspecified atom stereocenters. The normalized spacial score (nSPS) is 14.6. The van der Waals surface area contributed by atoms with Crippen LogP contribution in [0, 0.1) is 12.8 Å². The van der Waals surface area contributed by atoms with Crippen molar-refractivity contribution in [3.05, 3.63) is 41.7 Å². The van der Waals surface area contributed by atoms with E-state index in [0.29, 0.717) is 17.2 Å². The van der Waals surface area contributed by atoms with Crippen molar-refractivity contribution in [1.29, 1.82) is 0 Å². The van der Waals surface area contributed by atoms with Crippen LogP contribution in [-0.2, 0) is 11.8 Å². The van der Waals surface area contributed by atoms with Crippen molar-refractivity contribution in [3.8, 4) is 0 Å². The van der Waals surface area contributed by atoms with Gasteiger partial charge in [-0.1, -0.05) is 18.9 Å². The maximum atomic E-state index is 12.4. The first kappa shape index (κ1) is 16.2. The highest BCUT2D eigenvalue weighted by Crippen LogP contribution is 2.27. The first-order chi connectivity index (χ1) is 11.5. The van der Waals surface area contributed by atoms with Crippen molar-refractivity contribution in [1.82, 2.24) is 9.55 Å². The Bertz CT molecular complexity index is 760. The van der Waals surface area contributed by atoms with E-state index in [1.165, 1.54) is 0 Å². The summed E-state index contributed by atoms with van der Waals surface area (Å²) in [6.45, 7) is 1.92. The third kappa shape index (κ3) is 3.48. The van der Waals surface area contributed by atoms with Crippen LogP contribution in [0.3, 0.4) is 0 Å². The quantitative estimate of drug-likeness (QED) is 0.906. The predicted octanol–water partition coefficient (Wildman–Crippen LogP) is 3.11. The van der Waals surface area contributed by atoms with Gasteiger partial charge in [0.25, 0.3) is 5.91 Å². The van der Waals surface area contributed by atoms with Crippen LogP contribution in [0.15, 0.2) is 30.6 Å². The standard InChI is InChI=1S/C18H22N4O2/c1-12-7-8-14(17(24)21-18-19-9-10-22(18)2)11-15(12)20-16(23)13-5-3-4-6-13/h7-11,13H,3-6H2,1-2H3,(H,20,23)(H,19,21,24). The Labute approximate surface area is 141 Å². The van der Waals surface area contributed by atoms with Gasteiger partial charge in [0.2, 0.25) is 11.9 Å². The van der Waals surface area contributed by atoms with Crippen molar-refractivity contribution in [2.75, 3.05) is 10.6 Å². The third-order valence-electron chi connectivity index (χ3n) is 4.53. The lowest BCUT2D eigenvalue weighted by atomic mass is 10.1. The van der Waals surface area contributed by atoms with E-state index in [-0.39, 0.29) is 17.7 Å². The van der Waals surface area contributed by atoms with E-state index in [1.807, 2.05) is 20.0 Å². The number of anilines is 2. The summed E-state index contributed by atoms with van der Waals surface area (Å²) >= 11 is 0. The molecule has 0 aliphatic heterocycles. The van der Waals surface area contributed by atoms with Crippen molar-refractivity contribution in [3.63, 3.8) is 0 Å². The number of aromatic nitrogens is 2. The molecule has 1 fully saturated rings. The van der Waals surface area contributed by atoms with Gasteiger partial charge in [0.15, 0.2) is 0 Å². The van der Waals surface area contributed by atoms with Crippen LogP contribution in [0.1, 0.15) is 41.6 Å². The monoisotopic (exact) mass is 326 g/mol. The van der Waals surface area contributed by atoms with Gasteiger partial charge in [0.1, 0.15) is 0 Å². The molecule has 0 bridgehead atoms. The summed E-state index contributed by atoms with van der Waals surface area (Å²) in [5.74, 6) is 0.379. The number of hydrogen-bond acceptors (Lipinski definition) is 3. The third-order valence-corrected chi connectivity index (χ3v) is 4.53. The minimum atomic E-state index is -0.249. The molecular formula is C18H22N4O2. The van der Waals surface area contributed by atoms with E-state index in [0.717, 1.165) is 31.2 Å². The van der Waals surface area contributed by atoms with Gasteiger partial charge >= 0.3 is 0 Å². The molecule has 1 saturated carbocycles. The van der Waals surface area contributed by atoms with E-state index in [2.05, 4.69) is 15.6 Å². The summed E-state index contributed by atoms with van der Waals surface area (Å²) in [4.78, 5) is 28.8. The summed E-state index contributed by atoms with van der Waals surface area (Å²) in [6, 6.07) is 5.32. The van der Waals surface area contributed by atoms with Crippen LogP contribution in [0.5, 0.6) is 0 Å². The van der Waals surface area contributed by atoms with Crippen LogP contribution < -0.4 is 10.6 Å². The lowest BCUT2D eigenvalue weighted by molar-refractivity contribution is -0.119. The van der Waals surface area contributed by atoms with Crippen LogP contribution in [0.4, 0.5) is 11.6 Å². The SMILES string of the molecule is Cc1ccc(C(=O)Nc2nccn2C)cc1NC(=O)C1CCCC1. The summed E-state index contributed by atoms with van der Waals surface area (Å²) in [5, 5.41) is 5.74. The molecule has 1 aromatic heterocycles.